The molecule has 0 spiro atoms. The number of amides is 3. The van der Waals surface area contributed by atoms with Gasteiger partial charge in [0.15, 0.2) is 5.78 Å². The fourth-order valence-corrected chi connectivity index (χ4v) is 3.95. The van der Waals surface area contributed by atoms with E-state index in [0.29, 0.717) is 6.42 Å². The molecule has 2 aromatic rings. The van der Waals surface area contributed by atoms with Crippen molar-refractivity contribution in [3.05, 3.63) is 52.3 Å². The number of esters is 1. The molecule has 1 aliphatic heterocycles. The quantitative estimate of drug-likeness (QED) is 0.367. The summed E-state index contributed by atoms with van der Waals surface area (Å²) in [7, 11) is 0. The second-order valence-electron chi connectivity index (χ2n) is 7.86. The number of nitrogens with one attached hydrogen (secondary N) is 1. The Morgan fingerprint density at radius 3 is 2.12 bits per heavy atom. The standard InChI is InChI=1S/C24H26N2O7/c1-6-12(3)19(26-22(29)15-10-8-9-11-16(15)23(26)30)20(28)25-21-18(24(31)32-7-2)17(13(4)27)14(5)33-21/h8-12,19H,6-7H2,1-5H3,(H,25,28). The van der Waals surface area contributed by atoms with E-state index in [9.17, 15) is 24.0 Å². The maximum absolute atomic E-state index is 13.4. The summed E-state index contributed by atoms with van der Waals surface area (Å²) in [6.07, 6.45) is 0.492. The maximum Gasteiger partial charge on any atom is 0.344 e. The number of imide groups is 1. The van der Waals surface area contributed by atoms with Gasteiger partial charge in [0.25, 0.3) is 11.8 Å². The van der Waals surface area contributed by atoms with Gasteiger partial charge in [-0.3, -0.25) is 29.4 Å². The van der Waals surface area contributed by atoms with Crippen molar-refractivity contribution in [3.63, 3.8) is 0 Å². The molecule has 1 aliphatic rings. The first kappa shape index (κ1) is 23.9. The highest BCUT2D eigenvalue weighted by Crippen LogP contribution is 2.32. The first-order valence-electron chi connectivity index (χ1n) is 10.7. The molecule has 174 valence electrons. The average molecular weight is 454 g/mol. The Morgan fingerprint density at radius 1 is 1.06 bits per heavy atom. The lowest BCUT2D eigenvalue weighted by Gasteiger charge is -2.29. The predicted octanol–water partition coefficient (Wildman–Crippen LogP) is 3.62. The van der Waals surface area contributed by atoms with Gasteiger partial charge >= 0.3 is 5.97 Å². The van der Waals surface area contributed by atoms with Crippen molar-refractivity contribution >= 4 is 35.4 Å². The molecule has 0 radical (unpaired) electrons. The van der Waals surface area contributed by atoms with Crippen molar-refractivity contribution in [1.29, 1.82) is 0 Å². The first-order chi connectivity index (χ1) is 15.6. The SMILES string of the molecule is CCOC(=O)c1c(NC(=O)C(C(C)CC)N2C(=O)c3ccccc3C2=O)oc(C)c1C(C)=O. The third kappa shape index (κ3) is 4.18. The predicted molar refractivity (Wildman–Crippen MR) is 118 cm³/mol. The molecule has 33 heavy (non-hydrogen) atoms. The zero-order valence-corrected chi connectivity index (χ0v) is 19.2. The van der Waals surface area contributed by atoms with E-state index in [0.717, 1.165) is 4.90 Å². The van der Waals surface area contributed by atoms with Gasteiger partial charge in [0.1, 0.15) is 17.4 Å². The number of aryl methyl sites for hydroxylation is 1. The van der Waals surface area contributed by atoms with Gasteiger partial charge in [0.2, 0.25) is 11.8 Å². The fourth-order valence-electron chi connectivity index (χ4n) is 3.95. The molecular weight excluding hydrogens is 428 g/mol. The zero-order valence-electron chi connectivity index (χ0n) is 19.2. The molecule has 2 unspecified atom stereocenters. The van der Waals surface area contributed by atoms with Crippen LogP contribution in [0.25, 0.3) is 0 Å². The van der Waals surface area contributed by atoms with Crippen LogP contribution in [0.5, 0.6) is 0 Å². The molecule has 3 amide bonds. The average Bonchev–Trinajstić information content (AvgIpc) is 3.23. The van der Waals surface area contributed by atoms with Gasteiger partial charge in [-0.1, -0.05) is 32.4 Å². The summed E-state index contributed by atoms with van der Waals surface area (Å²) in [5.74, 6) is -3.62. The number of ketones is 1. The fraction of sp³-hybridized carbons (Fsp3) is 0.375. The number of fused-ring (bicyclic) bond motifs is 1. The summed E-state index contributed by atoms with van der Waals surface area (Å²) in [6.45, 7) is 8.00. The van der Waals surface area contributed by atoms with E-state index < -0.39 is 41.4 Å². The van der Waals surface area contributed by atoms with Crippen molar-refractivity contribution in [2.24, 2.45) is 5.92 Å². The summed E-state index contributed by atoms with van der Waals surface area (Å²) in [6, 6.07) is 5.20. The lowest BCUT2D eigenvalue weighted by molar-refractivity contribution is -0.121. The monoisotopic (exact) mass is 454 g/mol. The molecule has 0 saturated carbocycles. The Balaban J connectivity index is 2.02. The lowest BCUT2D eigenvalue weighted by atomic mass is 9.96. The number of nitrogens with zero attached hydrogens (tertiary/aromatic N) is 1. The third-order valence-electron chi connectivity index (χ3n) is 5.71. The van der Waals surface area contributed by atoms with Crippen LogP contribution < -0.4 is 5.32 Å². The van der Waals surface area contributed by atoms with E-state index in [4.69, 9.17) is 9.15 Å². The van der Waals surface area contributed by atoms with Crippen LogP contribution in [0.3, 0.4) is 0 Å². The van der Waals surface area contributed by atoms with Crippen LogP contribution in [-0.4, -0.2) is 47.0 Å². The smallest absolute Gasteiger partial charge is 0.344 e. The van der Waals surface area contributed by atoms with E-state index in [1.54, 1.807) is 26.0 Å². The van der Waals surface area contributed by atoms with Crippen molar-refractivity contribution in [2.45, 2.75) is 47.1 Å². The van der Waals surface area contributed by atoms with Crippen LogP contribution in [0.15, 0.2) is 28.7 Å². The molecule has 1 N–H and O–H groups in total. The Bertz CT molecular complexity index is 1110. The first-order valence-corrected chi connectivity index (χ1v) is 10.7. The summed E-state index contributed by atoms with van der Waals surface area (Å²) >= 11 is 0. The highest BCUT2D eigenvalue weighted by molar-refractivity contribution is 6.23. The molecule has 3 rings (SSSR count). The number of hydrogen-bond acceptors (Lipinski definition) is 7. The zero-order chi connectivity index (χ0) is 24.4. The largest absolute Gasteiger partial charge is 0.462 e. The van der Waals surface area contributed by atoms with Gasteiger partial charge < -0.3 is 9.15 Å². The minimum absolute atomic E-state index is 0.00423. The van der Waals surface area contributed by atoms with Crippen LogP contribution >= 0.6 is 0 Å². The molecule has 1 aromatic heterocycles. The molecule has 2 heterocycles. The van der Waals surface area contributed by atoms with Gasteiger partial charge in [-0.2, -0.15) is 0 Å². The number of hydrogen-bond donors (Lipinski definition) is 1. The van der Waals surface area contributed by atoms with Gasteiger partial charge in [-0.25, -0.2) is 4.79 Å². The number of ether oxygens (including phenoxy) is 1. The second kappa shape index (κ2) is 9.40. The summed E-state index contributed by atoms with van der Waals surface area (Å²) in [5, 5.41) is 2.52. The normalized spacial score (nSPS) is 14.6. The minimum atomic E-state index is -1.16. The third-order valence-corrected chi connectivity index (χ3v) is 5.71. The Hall–Kier alpha value is -3.75. The Morgan fingerprint density at radius 2 is 1.64 bits per heavy atom. The second-order valence-corrected chi connectivity index (χ2v) is 7.86. The van der Waals surface area contributed by atoms with Crippen LogP contribution in [0.4, 0.5) is 5.88 Å². The molecule has 1 aromatic carbocycles. The van der Waals surface area contributed by atoms with Crippen molar-refractivity contribution in [2.75, 3.05) is 11.9 Å². The number of furan rings is 1. The number of benzene rings is 1. The maximum atomic E-state index is 13.4. The van der Waals surface area contributed by atoms with Crippen molar-refractivity contribution in [1.82, 2.24) is 4.90 Å². The number of anilines is 1. The topological polar surface area (TPSA) is 123 Å². The molecule has 0 fully saturated rings. The number of carbonyl (C=O) groups excluding carboxylic acids is 5. The lowest BCUT2D eigenvalue weighted by Crippen LogP contribution is -2.50. The van der Waals surface area contributed by atoms with E-state index in [1.165, 1.54) is 26.0 Å². The molecule has 0 saturated heterocycles. The van der Waals surface area contributed by atoms with Crippen LogP contribution in [0.1, 0.15) is 81.3 Å². The van der Waals surface area contributed by atoms with Crippen molar-refractivity contribution < 1.29 is 33.1 Å². The minimum Gasteiger partial charge on any atom is -0.462 e. The number of rotatable bonds is 8. The Labute approximate surface area is 191 Å². The molecule has 9 heteroatoms. The van der Waals surface area contributed by atoms with E-state index >= 15 is 0 Å². The van der Waals surface area contributed by atoms with E-state index in [2.05, 4.69) is 5.32 Å². The van der Waals surface area contributed by atoms with Gasteiger partial charge in [0, 0.05) is 0 Å². The molecule has 9 nitrogen and oxygen atoms in total. The molecule has 2 atom stereocenters. The molecular formula is C24H26N2O7. The summed E-state index contributed by atoms with van der Waals surface area (Å²) < 4.78 is 10.6. The molecule has 0 bridgehead atoms. The molecule has 0 aliphatic carbocycles. The highest BCUT2D eigenvalue weighted by atomic mass is 16.5. The van der Waals surface area contributed by atoms with Crippen LogP contribution in [0.2, 0.25) is 0 Å². The number of carbonyl (C=O) groups is 5. The van der Waals surface area contributed by atoms with Crippen LogP contribution in [-0.2, 0) is 9.53 Å². The van der Waals surface area contributed by atoms with E-state index in [1.807, 2.05) is 6.92 Å². The Kier molecular flexibility index (Phi) is 6.81. The number of Topliss-reactive ketones (excluding diaryl/α,β-unsaturated/α-hetero) is 1. The van der Waals surface area contributed by atoms with Gasteiger partial charge in [-0.15, -0.1) is 0 Å². The van der Waals surface area contributed by atoms with Gasteiger partial charge in [-0.05, 0) is 38.8 Å². The van der Waals surface area contributed by atoms with E-state index in [-0.39, 0.29) is 40.5 Å². The van der Waals surface area contributed by atoms with Gasteiger partial charge in [0.05, 0.1) is 23.3 Å². The summed E-state index contributed by atoms with van der Waals surface area (Å²) in [5.41, 5.74) is 0.261. The van der Waals surface area contributed by atoms with Crippen LogP contribution in [0, 0.1) is 12.8 Å². The highest BCUT2D eigenvalue weighted by Gasteiger charge is 2.45. The van der Waals surface area contributed by atoms with Crippen molar-refractivity contribution in [3.8, 4) is 0 Å². The summed E-state index contributed by atoms with van der Waals surface area (Å²) in [4.78, 5) is 65.1.